The monoisotopic (exact) mass is 288 g/mol. The van der Waals surface area contributed by atoms with Crippen LogP contribution in [0.1, 0.15) is 11.1 Å². The number of aromatic nitrogens is 2. The average molecular weight is 288 g/mol. The third kappa shape index (κ3) is 1.81. The molecule has 0 radical (unpaired) electrons. The van der Waals surface area contributed by atoms with E-state index in [1.54, 1.807) is 6.20 Å². The highest BCUT2D eigenvalue weighted by molar-refractivity contribution is 8.00. The zero-order valence-corrected chi connectivity index (χ0v) is 12.1. The van der Waals surface area contributed by atoms with Gasteiger partial charge in [-0.1, -0.05) is 11.6 Å². The van der Waals surface area contributed by atoms with Crippen molar-refractivity contribution < 1.29 is 9.47 Å². The summed E-state index contributed by atoms with van der Waals surface area (Å²) in [4.78, 5) is 5.38. The van der Waals surface area contributed by atoms with Gasteiger partial charge in [-0.25, -0.2) is 4.98 Å². The number of nitrogens with zero attached hydrogens (tertiary/aromatic N) is 2. The maximum atomic E-state index is 6.07. The van der Waals surface area contributed by atoms with Crippen molar-refractivity contribution in [3.63, 3.8) is 0 Å². The Labute approximate surface area is 122 Å². The van der Waals surface area contributed by atoms with Crippen LogP contribution < -0.4 is 0 Å². The summed E-state index contributed by atoms with van der Waals surface area (Å²) in [6.45, 7) is 4.26. The van der Waals surface area contributed by atoms with E-state index in [1.165, 1.54) is 16.0 Å². The van der Waals surface area contributed by atoms with Crippen molar-refractivity contribution in [2.24, 2.45) is 0 Å². The number of benzene rings is 1. The summed E-state index contributed by atoms with van der Waals surface area (Å²) in [7, 11) is 0. The molecule has 1 atom stereocenters. The lowest BCUT2D eigenvalue weighted by molar-refractivity contribution is -0.166. The fraction of sp³-hybridized carbons (Fsp3) is 0.400. The van der Waals surface area contributed by atoms with Gasteiger partial charge in [0.15, 0.2) is 0 Å². The Morgan fingerprint density at radius 1 is 1.40 bits per heavy atom. The highest BCUT2D eigenvalue weighted by atomic mass is 32.2. The highest BCUT2D eigenvalue weighted by Gasteiger charge is 2.52. The molecule has 0 amide bonds. The Morgan fingerprint density at radius 3 is 3.00 bits per heavy atom. The van der Waals surface area contributed by atoms with Crippen LogP contribution >= 0.6 is 11.8 Å². The molecule has 3 heterocycles. The predicted octanol–water partition coefficient (Wildman–Crippen LogP) is 2.57. The smallest absolute Gasteiger partial charge is 0.210 e. The molecule has 1 aromatic heterocycles. The fourth-order valence-electron chi connectivity index (χ4n) is 2.94. The summed E-state index contributed by atoms with van der Waals surface area (Å²) in [5.74, 6) is -0.587. The molecule has 1 unspecified atom stereocenters. The van der Waals surface area contributed by atoms with Crippen molar-refractivity contribution in [2.75, 3.05) is 13.2 Å². The molecule has 1 fully saturated rings. The summed E-state index contributed by atoms with van der Waals surface area (Å²) < 4.78 is 14.2. The number of rotatable bonds is 2. The van der Waals surface area contributed by atoms with E-state index in [0.29, 0.717) is 13.2 Å². The van der Waals surface area contributed by atoms with E-state index < -0.39 is 5.79 Å². The molecule has 20 heavy (non-hydrogen) atoms. The van der Waals surface area contributed by atoms with Crippen molar-refractivity contribution in [3.8, 4) is 0 Å². The molecule has 1 aromatic carbocycles. The van der Waals surface area contributed by atoms with Crippen molar-refractivity contribution in [3.05, 3.63) is 48.0 Å². The Balaban J connectivity index is 1.74. The maximum absolute atomic E-state index is 6.07. The lowest BCUT2D eigenvalue weighted by Crippen LogP contribution is -2.37. The van der Waals surface area contributed by atoms with Crippen molar-refractivity contribution in [1.82, 2.24) is 9.55 Å². The van der Waals surface area contributed by atoms with Crippen molar-refractivity contribution in [2.45, 2.75) is 29.4 Å². The normalized spacial score (nSPS) is 23.4. The van der Waals surface area contributed by atoms with Gasteiger partial charge in [-0.2, -0.15) is 0 Å². The molecule has 4 nitrogen and oxygen atoms in total. The number of aryl methyl sites for hydroxylation is 1. The van der Waals surface area contributed by atoms with Crippen molar-refractivity contribution in [1.29, 1.82) is 0 Å². The van der Waals surface area contributed by atoms with E-state index >= 15 is 0 Å². The minimum Gasteiger partial charge on any atom is -0.342 e. The molecular formula is C15H16N2O2S. The first-order chi connectivity index (χ1) is 9.78. The first kappa shape index (κ1) is 12.4. The van der Waals surface area contributed by atoms with Gasteiger partial charge in [-0.05, 0) is 19.1 Å². The summed E-state index contributed by atoms with van der Waals surface area (Å²) in [6, 6.07) is 6.52. The molecule has 1 spiro atoms. The number of fused-ring (bicyclic) bond motifs is 2. The Hall–Kier alpha value is -1.30. The van der Waals surface area contributed by atoms with Gasteiger partial charge < -0.3 is 14.0 Å². The van der Waals surface area contributed by atoms with Crippen LogP contribution in [0.5, 0.6) is 0 Å². The summed E-state index contributed by atoms with van der Waals surface area (Å²) in [5, 5.41) is 0.219. The SMILES string of the molecule is Cc1ccc2c(c1)C1(OCCO1)C(Cn1ccnc1)S2. The third-order valence-electron chi connectivity index (χ3n) is 3.86. The van der Waals surface area contributed by atoms with Crippen LogP contribution in [0.25, 0.3) is 0 Å². The van der Waals surface area contributed by atoms with Crippen LogP contribution in [-0.2, 0) is 21.8 Å². The standard InChI is InChI=1S/C15H16N2O2S/c1-11-2-3-13-12(8-11)15(18-6-7-19-15)14(20-13)9-17-5-4-16-10-17/h2-5,8,10,14H,6-7,9H2,1H3. The van der Waals surface area contributed by atoms with E-state index in [9.17, 15) is 0 Å². The first-order valence-electron chi connectivity index (χ1n) is 6.79. The predicted molar refractivity (Wildman–Crippen MR) is 76.6 cm³/mol. The van der Waals surface area contributed by atoms with Crippen LogP contribution in [0.3, 0.4) is 0 Å². The maximum Gasteiger partial charge on any atom is 0.210 e. The molecule has 5 heteroatoms. The Kier molecular flexibility index (Phi) is 2.87. The molecule has 2 aliphatic heterocycles. The molecule has 4 rings (SSSR count). The molecular weight excluding hydrogens is 272 g/mol. The lowest BCUT2D eigenvalue weighted by Gasteiger charge is -2.29. The van der Waals surface area contributed by atoms with Crippen molar-refractivity contribution >= 4 is 11.8 Å². The fourth-order valence-corrected chi connectivity index (χ4v) is 4.38. The van der Waals surface area contributed by atoms with Crippen LogP contribution in [0.4, 0.5) is 0 Å². The molecule has 0 saturated carbocycles. The zero-order chi connectivity index (χ0) is 13.6. The van der Waals surface area contributed by atoms with Gasteiger partial charge in [0.05, 0.1) is 24.8 Å². The van der Waals surface area contributed by atoms with Gasteiger partial charge in [0, 0.05) is 29.4 Å². The van der Waals surface area contributed by atoms with Crippen LogP contribution in [0, 0.1) is 6.92 Å². The van der Waals surface area contributed by atoms with E-state index in [2.05, 4.69) is 34.7 Å². The first-order valence-corrected chi connectivity index (χ1v) is 7.67. The van der Waals surface area contributed by atoms with Gasteiger partial charge >= 0.3 is 0 Å². The molecule has 2 aromatic rings. The number of hydrogen-bond donors (Lipinski definition) is 0. The lowest BCUT2D eigenvalue weighted by atomic mass is 10.0. The summed E-state index contributed by atoms with van der Waals surface area (Å²) in [5.41, 5.74) is 2.43. The van der Waals surface area contributed by atoms with E-state index in [0.717, 1.165) is 6.54 Å². The van der Waals surface area contributed by atoms with Crippen LogP contribution in [0.15, 0.2) is 41.8 Å². The topological polar surface area (TPSA) is 36.3 Å². The van der Waals surface area contributed by atoms with Gasteiger partial charge in [-0.15, -0.1) is 11.8 Å². The second kappa shape index (κ2) is 4.62. The highest BCUT2D eigenvalue weighted by Crippen LogP contribution is 2.53. The minimum absolute atomic E-state index is 0.219. The number of hydrogen-bond acceptors (Lipinski definition) is 4. The molecule has 2 aliphatic rings. The Morgan fingerprint density at radius 2 is 2.25 bits per heavy atom. The number of imidazole rings is 1. The molecule has 104 valence electrons. The molecule has 0 aliphatic carbocycles. The summed E-state index contributed by atoms with van der Waals surface area (Å²) >= 11 is 1.84. The number of ether oxygens (including phenoxy) is 2. The average Bonchev–Trinajstić information content (AvgIpc) is 3.15. The van der Waals surface area contributed by atoms with Gasteiger partial charge in [0.25, 0.3) is 0 Å². The second-order valence-electron chi connectivity index (χ2n) is 5.23. The van der Waals surface area contributed by atoms with Gasteiger partial charge in [0.1, 0.15) is 0 Å². The minimum atomic E-state index is -0.587. The van der Waals surface area contributed by atoms with E-state index in [-0.39, 0.29) is 5.25 Å². The van der Waals surface area contributed by atoms with Crippen LogP contribution in [0.2, 0.25) is 0 Å². The number of thioether (sulfide) groups is 1. The molecule has 0 bridgehead atoms. The van der Waals surface area contributed by atoms with Gasteiger partial charge in [-0.3, -0.25) is 0 Å². The van der Waals surface area contributed by atoms with Crippen LogP contribution in [-0.4, -0.2) is 28.0 Å². The third-order valence-corrected chi connectivity index (χ3v) is 5.21. The van der Waals surface area contributed by atoms with Gasteiger partial charge in [0.2, 0.25) is 5.79 Å². The van der Waals surface area contributed by atoms with E-state index in [1.807, 2.05) is 24.3 Å². The quantitative estimate of drug-likeness (QED) is 0.851. The molecule has 1 saturated heterocycles. The summed E-state index contributed by atoms with van der Waals surface area (Å²) in [6.07, 6.45) is 5.63. The molecule has 0 N–H and O–H groups in total. The second-order valence-corrected chi connectivity index (χ2v) is 6.47. The zero-order valence-electron chi connectivity index (χ0n) is 11.3. The Bertz CT molecular complexity index is 621. The largest absolute Gasteiger partial charge is 0.342 e. The van der Waals surface area contributed by atoms with E-state index in [4.69, 9.17) is 9.47 Å².